The maximum absolute atomic E-state index is 4.26. The van der Waals surface area contributed by atoms with Gasteiger partial charge in [-0.3, -0.25) is 0 Å². The first-order valence-electron chi connectivity index (χ1n) is 3.64. The molecule has 1 aliphatic rings. The summed E-state index contributed by atoms with van der Waals surface area (Å²) in [6, 6.07) is 2.22. The standard InChI is InChI=1S/C8H11NS/c1-6-5-7(10-9-6)8(2)3-4-8/h5H,3-4H2,1-2H3. The maximum Gasteiger partial charge on any atom is 0.0514 e. The van der Waals surface area contributed by atoms with Crippen molar-refractivity contribution in [2.45, 2.75) is 32.1 Å². The molecule has 0 unspecified atom stereocenters. The summed E-state index contributed by atoms with van der Waals surface area (Å²) in [6.07, 6.45) is 2.71. The fourth-order valence-corrected chi connectivity index (χ4v) is 2.02. The Labute approximate surface area is 65.3 Å². The molecule has 2 rings (SSSR count). The summed E-state index contributed by atoms with van der Waals surface area (Å²) in [5.41, 5.74) is 1.69. The molecule has 0 saturated heterocycles. The number of aryl methyl sites for hydroxylation is 1. The van der Waals surface area contributed by atoms with Crippen LogP contribution in [-0.2, 0) is 5.41 Å². The molecule has 1 nitrogen and oxygen atoms in total. The molecular formula is C8H11NS. The molecule has 1 fully saturated rings. The first kappa shape index (κ1) is 6.35. The zero-order valence-electron chi connectivity index (χ0n) is 6.35. The van der Waals surface area contributed by atoms with Crippen molar-refractivity contribution in [3.8, 4) is 0 Å². The van der Waals surface area contributed by atoms with Crippen molar-refractivity contribution in [1.29, 1.82) is 0 Å². The zero-order valence-corrected chi connectivity index (χ0v) is 7.16. The summed E-state index contributed by atoms with van der Waals surface area (Å²) in [6.45, 7) is 4.38. The van der Waals surface area contributed by atoms with Crippen LogP contribution in [0.4, 0.5) is 0 Å². The zero-order chi connectivity index (χ0) is 7.19. The Hall–Kier alpha value is -0.370. The highest BCUT2D eigenvalue weighted by atomic mass is 32.1. The lowest BCUT2D eigenvalue weighted by atomic mass is 10.1. The molecule has 1 aliphatic carbocycles. The van der Waals surface area contributed by atoms with Gasteiger partial charge in [-0.05, 0) is 37.4 Å². The van der Waals surface area contributed by atoms with Crippen molar-refractivity contribution in [1.82, 2.24) is 4.37 Å². The molecule has 10 heavy (non-hydrogen) atoms. The van der Waals surface area contributed by atoms with Crippen LogP contribution in [-0.4, -0.2) is 4.37 Å². The Morgan fingerprint density at radius 1 is 1.60 bits per heavy atom. The van der Waals surface area contributed by atoms with Crippen molar-refractivity contribution in [3.05, 3.63) is 16.6 Å². The van der Waals surface area contributed by atoms with Gasteiger partial charge in [-0.2, -0.15) is 4.37 Å². The van der Waals surface area contributed by atoms with E-state index in [1.165, 1.54) is 23.4 Å². The summed E-state index contributed by atoms with van der Waals surface area (Å²) in [7, 11) is 0. The lowest BCUT2D eigenvalue weighted by Crippen LogP contribution is -1.94. The van der Waals surface area contributed by atoms with E-state index in [0.29, 0.717) is 5.41 Å². The fraction of sp³-hybridized carbons (Fsp3) is 0.625. The van der Waals surface area contributed by atoms with E-state index in [0.717, 1.165) is 0 Å². The molecule has 0 radical (unpaired) electrons. The third kappa shape index (κ3) is 0.870. The van der Waals surface area contributed by atoms with Crippen LogP contribution in [0, 0.1) is 6.92 Å². The Balaban J connectivity index is 2.34. The van der Waals surface area contributed by atoms with Crippen molar-refractivity contribution in [3.63, 3.8) is 0 Å². The van der Waals surface area contributed by atoms with Gasteiger partial charge in [0.15, 0.2) is 0 Å². The van der Waals surface area contributed by atoms with E-state index < -0.39 is 0 Å². The van der Waals surface area contributed by atoms with Gasteiger partial charge < -0.3 is 0 Å². The number of hydrogen-bond donors (Lipinski definition) is 0. The van der Waals surface area contributed by atoms with Gasteiger partial charge in [0.25, 0.3) is 0 Å². The van der Waals surface area contributed by atoms with E-state index in [1.807, 2.05) is 0 Å². The van der Waals surface area contributed by atoms with Crippen LogP contribution in [0.1, 0.15) is 30.3 Å². The average Bonchev–Trinajstić information content (AvgIpc) is 2.45. The highest BCUT2D eigenvalue weighted by Crippen LogP contribution is 2.49. The summed E-state index contributed by atoms with van der Waals surface area (Å²) < 4.78 is 4.26. The van der Waals surface area contributed by atoms with Gasteiger partial charge in [-0.25, -0.2) is 0 Å². The van der Waals surface area contributed by atoms with Crippen LogP contribution in [0.2, 0.25) is 0 Å². The highest BCUT2D eigenvalue weighted by molar-refractivity contribution is 7.06. The molecule has 1 saturated carbocycles. The van der Waals surface area contributed by atoms with Crippen molar-refractivity contribution in [2.24, 2.45) is 0 Å². The van der Waals surface area contributed by atoms with Gasteiger partial charge in [0.2, 0.25) is 0 Å². The lowest BCUT2D eigenvalue weighted by molar-refractivity contribution is 0.808. The molecule has 0 amide bonds. The Morgan fingerprint density at radius 2 is 2.30 bits per heavy atom. The van der Waals surface area contributed by atoms with Gasteiger partial charge >= 0.3 is 0 Å². The number of rotatable bonds is 1. The van der Waals surface area contributed by atoms with Crippen molar-refractivity contribution in [2.75, 3.05) is 0 Å². The van der Waals surface area contributed by atoms with Crippen LogP contribution >= 0.6 is 11.5 Å². The number of hydrogen-bond acceptors (Lipinski definition) is 2. The van der Waals surface area contributed by atoms with Gasteiger partial charge in [0.05, 0.1) is 5.69 Å². The smallest absolute Gasteiger partial charge is 0.0514 e. The molecule has 54 valence electrons. The Morgan fingerprint density at radius 3 is 2.70 bits per heavy atom. The van der Waals surface area contributed by atoms with Gasteiger partial charge in [-0.1, -0.05) is 6.92 Å². The molecule has 0 bridgehead atoms. The second-order valence-electron chi connectivity index (χ2n) is 3.39. The van der Waals surface area contributed by atoms with Crippen LogP contribution in [0.3, 0.4) is 0 Å². The van der Waals surface area contributed by atoms with E-state index in [4.69, 9.17) is 0 Å². The molecule has 1 aromatic rings. The SMILES string of the molecule is Cc1cc(C2(C)CC2)sn1. The molecule has 2 heteroatoms. The maximum atomic E-state index is 4.26. The van der Waals surface area contributed by atoms with Gasteiger partial charge in [0.1, 0.15) is 0 Å². The molecule has 0 N–H and O–H groups in total. The first-order chi connectivity index (χ1) is 4.71. The summed E-state index contributed by atoms with van der Waals surface area (Å²) in [5, 5.41) is 0. The monoisotopic (exact) mass is 153 g/mol. The molecule has 0 spiro atoms. The van der Waals surface area contributed by atoms with Crippen LogP contribution in [0.15, 0.2) is 6.07 Å². The van der Waals surface area contributed by atoms with Crippen molar-refractivity contribution < 1.29 is 0 Å². The minimum absolute atomic E-state index is 0.520. The van der Waals surface area contributed by atoms with Crippen LogP contribution < -0.4 is 0 Å². The number of aromatic nitrogens is 1. The molecule has 0 aliphatic heterocycles. The topological polar surface area (TPSA) is 12.9 Å². The Kier molecular flexibility index (Phi) is 1.15. The average molecular weight is 153 g/mol. The molecule has 0 atom stereocenters. The summed E-state index contributed by atoms with van der Waals surface area (Å²) in [4.78, 5) is 1.48. The summed E-state index contributed by atoms with van der Waals surface area (Å²) >= 11 is 1.67. The highest BCUT2D eigenvalue weighted by Gasteiger charge is 2.40. The largest absolute Gasteiger partial charge is 0.198 e. The van der Waals surface area contributed by atoms with E-state index in [1.54, 1.807) is 11.5 Å². The third-order valence-electron chi connectivity index (χ3n) is 2.22. The predicted molar refractivity (Wildman–Crippen MR) is 43.4 cm³/mol. The fourth-order valence-electron chi connectivity index (χ4n) is 1.08. The van der Waals surface area contributed by atoms with Gasteiger partial charge in [-0.15, -0.1) is 0 Å². The minimum atomic E-state index is 0.520. The van der Waals surface area contributed by atoms with Crippen molar-refractivity contribution >= 4 is 11.5 Å². The molecule has 1 aromatic heterocycles. The second-order valence-corrected chi connectivity index (χ2v) is 4.20. The minimum Gasteiger partial charge on any atom is -0.198 e. The van der Waals surface area contributed by atoms with E-state index >= 15 is 0 Å². The molecular weight excluding hydrogens is 142 g/mol. The quantitative estimate of drug-likeness (QED) is 0.604. The van der Waals surface area contributed by atoms with Crippen LogP contribution in [0.25, 0.3) is 0 Å². The molecule has 1 heterocycles. The molecule has 0 aromatic carbocycles. The number of nitrogens with zero attached hydrogens (tertiary/aromatic N) is 1. The lowest BCUT2D eigenvalue weighted by Gasteiger charge is -1.99. The summed E-state index contributed by atoms with van der Waals surface area (Å²) in [5.74, 6) is 0. The van der Waals surface area contributed by atoms with Crippen LogP contribution in [0.5, 0.6) is 0 Å². The van der Waals surface area contributed by atoms with E-state index in [-0.39, 0.29) is 0 Å². The third-order valence-corrected chi connectivity index (χ3v) is 3.41. The van der Waals surface area contributed by atoms with E-state index in [9.17, 15) is 0 Å². The second kappa shape index (κ2) is 1.82. The Bertz CT molecular complexity index is 248. The van der Waals surface area contributed by atoms with Gasteiger partial charge in [0, 0.05) is 10.3 Å². The predicted octanol–water partition coefficient (Wildman–Crippen LogP) is 2.50. The van der Waals surface area contributed by atoms with E-state index in [2.05, 4.69) is 24.3 Å². The first-order valence-corrected chi connectivity index (χ1v) is 4.42. The normalized spacial score (nSPS) is 21.0.